The zero-order chi connectivity index (χ0) is 17.1. The van der Waals surface area contributed by atoms with E-state index in [0.29, 0.717) is 29.2 Å². The van der Waals surface area contributed by atoms with Gasteiger partial charge in [0.05, 0.1) is 12.6 Å². The van der Waals surface area contributed by atoms with Crippen LogP contribution >= 0.6 is 0 Å². The Labute approximate surface area is 141 Å². The number of benzene rings is 2. The Balaban J connectivity index is 1.68. The molecule has 2 atom stereocenters. The van der Waals surface area contributed by atoms with Crippen molar-refractivity contribution in [3.63, 3.8) is 0 Å². The second-order valence-electron chi connectivity index (χ2n) is 5.42. The monoisotopic (exact) mass is 348 g/mol. The number of carbonyl (C=O) groups excluding carboxylic acids is 1. The van der Waals surface area contributed by atoms with Gasteiger partial charge in [0.25, 0.3) is 0 Å². The second kappa shape index (κ2) is 7.00. The second-order valence-corrected chi connectivity index (χ2v) is 6.80. The standard InChI is InChI=1S/C17H17FN2O3S/c1-24(22)12-7-5-11(6-8-12)19-17(21)20-15-9-10-23-16-13(15)3-2-4-14(16)18/h2-8,15H,9-10H2,1H3,(H2,19,20,21)/t15-,24?/m0/s1. The van der Waals surface area contributed by atoms with Gasteiger partial charge in [-0.2, -0.15) is 0 Å². The van der Waals surface area contributed by atoms with Gasteiger partial charge >= 0.3 is 6.03 Å². The largest absolute Gasteiger partial charge is 0.490 e. The van der Waals surface area contributed by atoms with E-state index >= 15 is 0 Å². The highest BCUT2D eigenvalue weighted by Crippen LogP contribution is 2.33. The van der Waals surface area contributed by atoms with E-state index in [2.05, 4.69) is 10.6 Å². The van der Waals surface area contributed by atoms with Gasteiger partial charge in [0, 0.05) is 39.6 Å². The van der Waals surface area contributed by atoms with E-state index in [1.165, 1.54) is 6.07 Å². The van der Waals surface area contributed by atoms with E-state index in [0.717, 1.165) is 0 Å². The lowest BCUT2D eigenvalue weighted by Gasteiger charge is -2.27. The number of ether oxygens (including phenoxy) is 1. The number of hydrogen-bond donors (Lipinski definition) is 2. The first-order valence-corrected chi connectivity index (χ1v) is 9.02. The molecule has 1 aliphatic heterocycles. The Hall–Kier alpha value is -2.41. The van der Waals surface area contributed by atoms with Gasteiger partial charge in [-0.3, -0.25) is 4.21 Å². The molecule has 1 aliphatic rings. The molecular weight excluding hydrogens is 331 g/mol. The number of amides is 2. The quantitative estimate of drug-likeness (QED) is 0.895. The number of urea groups is 1. The van der Waals surface area contributed by atoms with Gasteiger partial charge in [-0.05, 0) is 30.3 Å². The van der Waals surface area contributed by atoms with Crippen molar-refractivity contribution in [3.05, 3.63) is 53.8 Å². The molecular formula is C17H17FN2O3S. The van der Waals surface area contributed by atoms with Crippen molar-refractivity contribution in [2.45, 2.75) is 17.4 Å². The van der Waals surface area contributed by atoms with Crippen LogP contribution in [0.25, 0.3) is 0 Å². The van der Waals surface area contributed by atoms with Crippen molar-refractivity contribution in [2.75, 3.05) is 18.2 Å². The number of fused-ring (bicyclic) bond motifs is 1. The summed E-state index contributed by atoms with van der Waals surface area (Å²) in [6, 6.07) is 10.7. The number of halogens is 1. The molecule has 1 heterocycles. The lowest BCUT2D eigenvalue weighted by Crippen LogP contribution is -2.35. The Kier molecular flexibility index (Phi) is 4.80. The number of para-hydroxylation sites is 1. The Morgan fingerprint density at radius 1 is 1.25 bits per heavy atom. The summed E-state index contributed by atoms with van der Waals surface area (Å²) in [5.41, 5.74) is 1.22. The van der Waals surface area contributed by atoms with Crippen LogP contribution in [0.1, 0.15) is 18.0 Å². The average Bonchev–Trinajstić information content (AvgIpc) is 2.56. The summed E-state index contributed by atoms with van der Waals surface area (Å²) in [5, 5.41) is 5.55. The summed E-state index contributed by atoms with van der Waals surface area (Å²) in [5.74, 6) is -0.230. The zero-order valence-electron chi connectivity index (χ0n) is 13.0. The summed E-state index contributed by atoms with van der Waals surface area (Å²) in [7, 11) is -1.06. The molecule has 3 rings (SSSR count). The number of hydrogen-bond acceptors (Lipinski definition) is 3. The molecule has 126 valence electrons. The topological polar surface area (TPSA) is 67.4 Å². The van der Waals surface area contributed by atoms with Crippen molar-refractivity contribution < 1.29 is 18.1 Å². The molecule has 24 heavy (non-hydrogen) atoms. The third kappa shape index (κ3) is 3.56. The van der Waals surface area contributed by atoms with Crippen molar-refractivity contribution in [2.24, 2.45) is 0 Å². The Bertz CT molecular complexity index is 780. The van der Waals surface area contributed by atoms with Gasteiger partial charge in [0.1, 0.15) is 0 Å². The third-order valence-corrected chi connectivity index (χ3v) is 4.71. The SMILES string of the molecule is CS(=O)c1ccc(NC(=O)N[C@H]2CCOc3c(F)cccc32)cc1. The maximum absolute atomic E-state index is 13.8. The minimum absolute atomic E-state index is 0.198. The molecule has 0 aliphatic carbocycles. The van der Waals surface area contributed by atoms with E-state index in [1.807, 2.05) is 0 Å². The van der Waals surface area contributed by atoms with Crippen molar-refractivity contribution in [1.82, 2.24) is 5.32 Å². The maximum atomic E-state index is 13.8. The molecule has 2 amide bonds. The molecule has 0 spiro atoms. The maximum Gasteiger partial charge on any atom is 0.319 e. The number of carbonyl (C=O) groups is 1. The minimum Gasteiger partial charge on any atom is -0.490 e. The Morgan fingerprint density at radius 2 is 2.00 bits per heavy atom. The first-order valence-electron chi connectivity index (χ1n) is 7.47. The number of anilines is 1. The fraction of sp³-hybridized carbons (Fsp3) is 0.235. The van der Waals surface area contributed by atoms with Crippen molar-refractivity contribution in [1.29, 1.82) is 0 Å². The fourth-order valence-corrected chi connectivity index (χ4v) is 3.11. The third-order valence-electron chi connectivity index (χ3n) is 3.78. The molecule has 2 N–H and O–H groups in total. The van der Waals surface area contributed by atoms with E-state index in [1.54, 1.807) is 42.7 Å². The first-order chi connectivity index (χ1) is 11.5. The van der Waals surface area contributed by atoms with E-state index in [9.17, 15) is 13.4 Å². The number of rotatable bonds is 3. The first kappa shape index (κ1) is 16.4. The van der Waals surface area contributed by atoms with Crippen LogP contribution in [0.5, 0.6) is 5.75 Å². The van der Waals surface area contributed by atoms with Gasteiger partial charge in [-0.25, -0.2) is 9.18 Å². The average molecular weight is 348 g/mol. The van der Waals surface area contributed by atoms with Crippen molar-refractivity contribution in [3.8, 4) is 5.75 Å². The summed E-state index contributed by atoms with van der Waals surface area (Å²) in [4.78, 5) is 12.9. The zero-order valence-corrected chi connectivity index (χ0v) is 13.9. The minimum atomic E-state index is -1.06. The van der Waals surface area contributed by atoms with Crippen LogP contribution < -0.4 is 15.4 Å². The van der Waals surface area contributed by atoms with Gasteiger partial charge in [0.2, 0.25) is 0 Å². The molecule has 1 unspecified atom stereocenters. The predicted molar refractivity (Wildman–Crippen MR) is 90.2 cm³/mol. The molecule has 0 aromatic heterocycles. The summed E-state index contributed by atoms with van der Waals surface area (Å²) in [6.45, 7) is 0.343. The van der Waals surface area contributed by atoms with Crippen LogP contribution in [0, 0.1) is 5.82 Å². The van der Waals surface area contributed by atoms with Crippen LogP contribution in [0.4, 0.5) is 14.9 Å². The van der Waals surface area contributed by atoms with Crippen LogP contribution in [-0.4, -0.2) is 23.1 Å². The molecule has 0 radical (unpaired) electrons. The van der Waals surface area contributed by atoms with Gasteiger partial charge in [-0.15, -0.1) is 0 Å². The molecule has 0 fully saturated rings. The van der Waals surface area contributed by atoms with Gasteiger partial charge in [-0.1, -0.05) is 12.1 Å². The Morgan fingerprint density at radius 3 is 2.71 bits per heavy atom. The molecule has 0 saturated carbocycles. The van der Waals surface area contributed by atoms with Gasteiger partial charge < -0.3 is 15.4 Å². The van der Waals surface area contributed by atoms with Gasteiger partial charge in [0.15, 0.2) is 11.6 Å². The molecule has 2 aromatic carbocycles. The highest BCUT2D eigenvalue weighted by atomic mass is 32.2. The van der Waals surface area contributed by atoms with Crippen LogP contribution in [-0.2, 0) is 10.8 Å². The van der Waals surface area contributed by atoms with E-state index < -0.39 is 16.6 Å². The molecule has 0 bridgehead atoms. The van der Waals surface area contributed by atoms with Crippen LogP contribution in [0.15, 0.2) is 47.4 Å². The van der Waals surface area contributed by atoms with Crippen LogP contribution in [0.3, 0.4) is 0 Å². The van der Waals surface area contributed by atoms with E-state index in [4.69, 9.17) is 4.74 Å². The predicted octanol–water partition coefficient (Wildman–Crippen LogP) is 3.21. The van der Waals surface area contributed by atoms with E-state index in [-0.39, 0.29) is 17.8 Å². The molecule has 2 aromatic rings. The lowest BCUT2D eigenvalue weighted by molar-refractivity contribution is 0.227. The number of nitrogens with one attached hydrogen (secondary N) is 2. The molecule has 5 nitrogen and oxygen atoms in total. The smallest absolute Gasteiger partial charge is 0.319 e. The summed E-state index contributed by atoms with van der Waals surface area (Å²) < 4.78 is 30.5. The molecule has 7 heteroatoms. The summed E-state index contributed by atoms with van der Waals surface area (Å²) >= 11 is 0. The normalized spacial score (nSPS) is 17.3. The van der Waals surface area contributed by atoms with Crippen molar-refractivity contribution >= 4 is 22.5 Å². The lowest BCUT2D eigenvalue weighted by atomic mass is 10.0. The van der Waals surface area contributed by atoms with Crippen LogP contribution in [0.2, 0.25) is 0 Å². The molecule has 0 saturated heterocycles. The fourth-order valence-electron chi connectivity index (χ4n) is 2.59. The summed E-state index contributed by atoms with van der Waals surface area (Å²) in [6.07, 6.45) is 2.16. The highest BCUT2D eigenvalue weighted by Gasteiger charge is 2.25. The highest BCUT2D eigenvalue weighted by molar-refractivity contribution is 7.84.